The van der Waals surface area contributed by atoms with E-state index in [-0.39, 0.29) is 18.1 Å². The lowest BCUT2D eigenvalue weighted by Gasteiger charge is -2.11. The van der Waals surface area contributed by atoms with Crippen molar-refractivity contribution in [3.05, 3.63) is 57.4 Å². The van der Waals surface area contributed by atoms with Crippen molar-refractivity contribution in [1.29, 1.82) is 0 Å². The number of nitrogens with zero attached hydrogens (tertiary/aromatic N) is 3. The first-order chi connectivity index (χ1) is 11.6. The highest BCUT2D eigenvalue weighted by Crippen LogP contribution is 2.12. The summed E-state index contributed by atoms with van der Waals surface area (Å²) in [6.45, 7) is 0.0769. The van der Waals surface area contributed by atoms with Gasteiger partial charge in [0.2, 0.25) is 5.91 Å². The predicted molar refractivity (Wildman–Crippen MR) is 84.9 cm³/mol. The van der Waals surface area contributed by atoms with Crippen molar-refractivity contribution < 1.29 is 9.21 Å². The molecule has 0 spiro atoms. The Kier molecular flexibility index (Phi) is 4.61. The smallest absolute Gasteiger partial charge is 0.330 e. The predicted octanol–water partition coefficient (Wildman–Crippen LogP) is 0.0268. The number of nitrogens with one attached hydrogen (secondary N) is 3. The standard InChI is InChI=1S/C13H12N6O4S/c20-10-4-9(16-11(21)6-24-12-14-7-15-18-12)19(13(22)17-10)5-8-2-1-3-23-8/h1-4,7H,5-6H2,(H,16,21)(H,14,15,18)(H,17,20,22). The van der Waals surface area contributed by atoms with Crippen LogP contribution in [-0.2, 0) is 11.3 Å². The molecule has 3 rings (SSSR count). The second kappa shape index (κ2) is 7.00. The van der Waals surface area contributed by atoms with Crippen LogP contribution in [0.4, 0.5) is 5.82 Å². The van der Waals surface area contributed by atoms with E-state index in [4.69, 9.17) is 4.42 Å². The Morgan fingerprint density at radius 1 is 1.42 bits per heavy atom. The monoisotopic (exact) mass is 348 g/mol. The number of aromatic nitrogens is 5. The molecular formula is C13H12N6O4S. The Balaban J connectivity index is 1.77. The molecule has 0 radical (unpaired) electrons. The van der Waals surface area contributed by atoms with Gasteiger partial charge in [0.15, 0.2) is 5.16 Å². The molecule has 24 heavy (non-hydrogen) atoms. The Morgan fingerprint density at radius 2 is 2.29 bits per heavy atom. The number of carbonyl (C=O) groups is 1. The van der Waals surface area contributed by atoms with Crippen LogP contribution in [-0.4, -0.2) is 36.4 Å². The molecule has 11 heteroatoms. The number of carbonyl (C=O) groups excluding carboxylic acids is 1. The fourth-order valence-corrected chi connectivity index (χ4v) is 2.49. The van der Waals surface area contributed by atoms with Gasteiger partial charge in [0, 0.05) is 6.07 Å². The van der Waals surface area contributed by atoms with Crippen LogP contribution in [0.15, 0.2) is 50.0 Å². The van der Waals surface area contributed by atoms with Crippen molar-refractivity contribution in [3.8, 4) is 0 Å². The zero-order valence-electron chi connectivity index (χ0n) is 12.2. The maximum Gasteiger partial charge on any atom is 0.330 e. The van der Waals surface area contributed by atoms with E-state index < -0.39 is 17.2 Å². The van der Waals surface area contributed by atoms with Crippen molar-refractivity contribution in [2.45, 2.75) is 11.7 Å². The van der Waals surface area contributed by atoms with E-state index in [9.17, 15) is 14.4 Å². The number of amides is 1. The van der Waals surface area contributed by atoms with E-state index in [0.29, 0.717) is 10.9 Å². The maximum absolute atomic E-state index is 12.0. The number of furan rings is 1. The largest absolute Gasteiger partial charge is 0.467 e. The van der Waals surface area contributed by atoms with E-state index in [2.05, 4.69) is 25.5 Å². The lowest BCUT2D eigenvalue weighted by molar-refractivity contribution is -0.113. The number of thioether (sulfide) groups is 1. The SMILES string of the molecule is O=C(CSc1ncn[nH]1)Nc1cc(=O)[nH]c(=O)n1Cc1ccco1. The number of aromatic amines is 2. The van der Waals surface area contributed by atoms with Crippen LogP contribution in [0.5, 0.6) is 0 Å². The summed E-state index contributed by atoms with van der Waals surface area (Å²) in [7, 11) is 0. The molecule has 0 aliphatic rings. The topological polar surface area (TPSA) is 139 Å². The van der Waals surface area contributed by atoms with E-state index in [1.54, 1.807) is 12.1 Å². The molecule has 0 saturated carbocycles. The summed E-state index contributed by atoms with van der Waals surface area (Å²) in [6, 6.07) is 4.50. The normalized spacial score (nSPS) is 10.7. The fourth-order valence-electron chi connectivity index (χ4n) is 1.92. The molecule has 0 aromatic carbocycles. The van der Waals surface area contributed by atoms with Gasteiger partial charge in [-0.2, -0.15) is 5.10 Å². The van der Waals surface area contributed by atoms with Crippen LogP contribution in [0.1, 0.15) is 5.76 Å². The third kappa shape index (κ3) is 3.81. The van der Waals surface area contributed by atoms with Crippen LogP contribution in [0.3, 0.4) is 0 Å². The highest BCUT2D eigenvalue weighted by molar-refractivity contribution is 7.99. The van der Waals surface area contributed by atoms with Gasteiger partial charge in [-0.1, -0.05) is 11.8 Å². The molecule has 3 heterocycles. The number of rotatable bonds is 6. The van der Waals surface area contributed by atoms with Crippen molar-refractivity contribution in [2.24, 2.45) is 0 Å². The van der Waals surface area contributed by atoms with E-state index in [1.807, 2.05) is 0 Å². The molecule has 0 fully saturated rings. The first kappa shape index (κ1) is 15.8. The molecule has 0 bridgehead atoms. The lowest BCUT2D eigenvalue weighted by atomic mass is 10.4. The highest BCUT2D eigenvalue weighted by Gasteiger charge is 2.12. The number of hydrogen-bond donors (Lipinski definition) is 3. The minimum Gasteiger partial charge on any atom is -0.467 e. The van der Waals surface area contributed by atoms with Crippen LogP contribution >= 0.6 is 11.8 Å². The quantitative estimate of drug-likeness (QED) is 0.534. The molecule has 0 aliphatic heterocycles. The van der Waals surface area contributed by atoms with Gasteiger partial charge < -0.3 is 9.73 Å². The minimum atomic E-state index is -0.642. The van der Waals surface area contributed by atoms with Crippen LogP contribution in [0.2, 0.25) is 0 Å². The summed E-state index contributed by atoms with van der Waals surface area (Å²) < 4.78 is 6.40. The molecule has 0 unspecified atom stereocenters. The number of hydrogen-bond acceptors (Lipinski definition) is 7. The first-order valence-corrected chi connectivity index (χ1v) is 7.75. The highest BCUT2D eigenvalue weighted by atomic mass is 32.2. The Morgan fingerprint density at radius 3 is 3.00 bits per heavy atom. The molecule has 0 atom stereocenters. The van der Waals surface area contributed by atoms with Crippen LogP contribution in [0, 0.1) is 0 Å². The summed E-state index contributed by atoms with van der Waals surface area (Å²) in [5.74, 6) is 0.241. The molecule has 3 aromatic rings. The lowest BCUT2D eigenvalue weighted by Crippen LogP contribution is -2.33. The molecular weight excluding hydrogens is 336 g/mol. The summed E-state index contributed by atoms with van der Waals surface area (Å²) >= 11 is 1.14. The summed E-state index contributed by atoms with van der Waals surface area (Å²) in [6.07, 6.45) is 2.80. The molecule has 3 aromatic heterocycles. The number of anilines is 1. The minimum absolute atomic E-state index is 0.0386. The Labute approximate surface area is 138 Å². The van der Waals surface area contributed by atoms with Gasteiger partial charge in [-0.05, 0) is 12.1 Å². The van der Waals surface area contributed by atoms with Crippen molar-refractivity contribution in [1.82, 2.24) is 24.7 Å². The Hall–Kier alpha value is -3.08. The van der Waals surface area contributed by atoms with E-state index in [1.165, 1.54) is 17.2 Å². The molecule has 10 nitrogen and oxygen atoms in total. The summed E-state index contributed by atoms with van der Waals surface area (Å²) in [5, 5.41) is 9.32. The van der Waals surface area contributed by atoms with E-state index >= 15 is 0 Å². The van der Waals surface area contributed by atoms with Gasteiger partial charge in [0.1, 0.15) is 17.9 Å². The fraction of sp³-hybridized carbons (Fsp3) is 0.154. The summed E-state index contributed by atoms with van der Waals surface area (Å²) in [5.41, 5.74) is -1.24. The van der Waals surface area contributed by atoms with Crippen molar-refractivity contribution in [2.75, 3.05) is 11.1 Å². The van der Waals surface area contributed by atoms with Gasteiger partial charge in [-0.3, -0.25) is 24.2 Å². The third-order valence-corrected chi connectivity index (χ3v) is 3.80. The molecule has 124 valence electrons. The molecule has 1 amide bonds. The zero-order valence-corrected chi connectivity index (χ0v) is 13.0. The van der Waals surface area contributed by atoms with Gasteiger partial charge in [0.25, 0.3) is 5.56 Å². The Bertz CT molecular complexity index is 928. The van der Waals surface area contributed by atoms with Crippen LogP contribution < -0.4 is 16.6 Å². The van der Waals surface area contributed by atoms with Crippen molar-refractivity contribution in [3.63, 3.8) is 0 Å². The number of H-pyrrole nitrogens is 2. The second-order valence-electron chi connectivity index (χ2n) is 4.62. The average Bonchev–Trinajstić information content (AvgIpc) is 3.22. The van der Waals surface area contributed by atoms with E-state index in [0.717, 1.165) is 17.8 Å². The van der Waals surface area contributed by atoms with Gasteiger partial charge in [0.05, 0.1) is 18.6 Å². The van der Waals surface area contributed by atoms with Gasteiger partial charge >= 0.3 is 5.69 Å². The second-order valence-corrected chi connectivity index (χ2v) is 5.58. The average molecular weight is 348 g/mol. The zero-order chi connectivity index (χ0) is 16.9. The third-order valence-electron chi connectivity index (χ3n) is 2.93. The summed E-state index contributed by atoms with van der Waals surface area (Å²) in [4.78, 5) is 41.6. The maximum atomic E-state index is 12.0. The molecule has 0 saturated heterocycles. The molecule has 3 N–H and O–H groups in total. The van der Waals surface area contributed by atoms with Crippen LogP contribution in [0.25, 0.3) is 0 Å². The van der Waals surface area contributed by atoms with Gasteiger partial charge in [-0.25, -0.2) is 9.78 Å². The van der Waals surface area contributed by atoms with Crippen molar-refractivity contribution >= 4 is 23.5 Å². The van der Waals surface area contributed by atoms with Gasteiger partial charge in [-0.15, -0.1) is 0 Å². The molecule has 0 aliphatic carbocycles. The first-order valence-electron chi connectivity index (χ1n) is 6.76.